The number of fused-ring (bicyclic) bond motifs is 3. The first kappa shape index (κ1) is 19.3. The maximum atomic E-state index is 12.2. The van der Waals surface area contributed by atoms with Gasteiger partial charge in [0, 0.05) is 25.1 Å². The minimum Gasteiger partial charge on any atom is -0.449 e. The maximum absolute atomic E-state index is 12.2. The van der Waals surface area contributed by atoms with Gasteiger partial charge in [-0.25, -0.2) is 4.79 Å². The predicted octanol–water partition coefficient (Wildman–Crippen LogP) is 4.93. The molecule has 3 aromatic rings. The van der Waals surface area contributed by atoms with Crippen LogP contribution in [-0.2, 0) is 11.8 Å². The Balaban J connectivity index is 1.35. The van der Waals surface area contributed by atoms with Crippen LogP contribution < -0.4 is 5.32 Å². The molecule has 1 aliphatic rings. The summed E-state index contributed by atoms with van der Waals surface area (Å²) in [5.74, 6) is 0.0561. The summed E-state index contributed by atoms with van der Waals surface area (Å²) in [5, 5.41) is 7.58. The molecule has 0 atom stereocenters. The summed E-state index contributed by atoms with van der Waals surface area (Å²) in [7, 11) is 1.79. The number of nitrogens with zero attached hydrogens (tertiary/aromatic N) is 2. The lowest BCUT2D eigenvalue weighted by molar-refractivity contribution is 0.144. The minimum absolute atomic E-state index is 0.0561. The average Bonchev–Trinajstić information content (AvgIpc) is 3.17. The van der Waals surface area contributed by atoms with Gasteiger partial charge in [0.15, 0.2) is 0 Å². The molecule has 5 nitrogen and oxygen atoms in total. The van der Waals surface area contributed by atoms with Crippen LogP contribution in [-0.4, -0.2) is 29.0 Å². The van der Waals surface area contributed by atoms with Crippen LogP contribution in [0.25, 0.3) is 17.2 Å². The summed E-state index contributed by atoms with van der Waals surface area (Å²) >= 11 is 6.20. The molecule has 6 heteroatoms. The molecular formula is C23H22ClN3O2. The molecule has 1 N–H and O–H groups in total. The molecule has 0 fully saturated rings. The number of aryl methyl sites for hydroxylation is 2. The number of benzene rings is 2. The van der Waals surface area contributed by atoms with Crippen molar-refractivity contribution in [2.24, 2.45) is 7.05 Å². The SMILES string of the molecule is Cc1nn(C)c(Cl)c1C=CCNC(=O)OCC1c2ccccc2-c2ccccc21. The fourth-order valence-electron chi connectivity index (χ4n) is 3.80. The number of halogens is 1. The summed E-state index contributed by atoms with van der Waals surface area (Å²) in [6.07, 6.45) is 3.25. The largest absolute Gasteiger partial charge is 0.449 e. The van der Waals surface area contributed by atoms with E-state index in [-0.39, 0.29) is 5.92 Å². The van der Waals surface area contributed by atoms with Gasteiger partial charge in [-0.15, -0.1) is 0 Å². The van der Waals surface area contributed by atoms with E-state index in [2.05, 4.69) is 34.7 Å². The molecule has 0 aliphatic heterocycles. The van der Waals surface area contributed by atoms with Gasteiger partial charge in [-0.3, -0.25) is 4.68 Å². The fourth-order valence-corrected chi connectivity index (χ4v) is 4.04. The Morgan fingerprint density at radius 1 is 1.17 bits per heavy atom. The Morgan fingerprint density at radius 3 is 2.38 bits per heavy atom. The molecule has 4 rings (SSSR count). The van der Waals surface area contributed by atoms with E-state index in [1.165, 1.54) is 22.3 Å². The van der Waals surface area contributed by atoms with Crippen LogP contribution in [0.4, 0.5) is 4.79 Å². The van der Waals surface area contributed by atoms with Crippen molar-refractivity contribution in [1.29, 1.82) is 0 Å². The van der Waals surface area contributed by atoms with Crippen LogP contribution in [0.2, 0.25) is 5.15 Å². The molecule has 0 saturated carbocycles. The van der Waals surface area contributed by atoms with E-state index >= 15 is 0 Å². The molecule has 0 bridgehead atoms. The number of carbonyl (C=O) groups is 1. The predicted molar refractivity (Wildman–Crippen MR) is 115 cm³/mol. The Kier molecular flexibility index (Phi) is 5.41. The molecular weight excluding hydrogens is 386 g/mol. The van der Waals surface area contributed by atoms with Crippen molar-refractivity contribution in [2.45, 2.75) is 12.8 Å². The molecule has 1 amide bonds. The summed E-state index contributed by atoms with van der Waals surface area (Å²) in [4.78, 5) is 12.2. The van der Waals surface area contributed by atoms with Crippen LogP contribution >= 0.6 is 11.6 Å². The number of carbonyl (C=O) groups excluding carboxylic acids is 1. The van der Waals surface area contributed by atoms with Gasteiger partial charge in [0.05, 0.1) is 5.69 Å². The quantitative estimate of drug-likeness (QED) is 0.652. The molecule has 1 aromatic heterocycles. The highest BCUT2D eigenvalue weighted by molar-refractivity contribution is 6.31. The highest BCUT2D eigenvalue weighted by atomic mass is 35.5. The first-order valence-electron chi connectivity index (χ1n) is 9.50. The van der Waals surface area contributed by atoms with E-state index in [9.17, 15) is 4.79 Å². The van der Waals surface area contributed by atoms with Crippen molar-refractivity contribution in [3.05, 3.63) is 82.1 Å². The molecule has 0 saturated heterocycles. The molecule has 1 aliphatic carbocycles. The normalized spacial score (nSPS) is 12.8. The van der Waals surface area contributed by atoms with E-state index in [1.807, 2.05) is 43.3 Å². The number of amides is 1. The lowest BCUT2D eigenvalue weighted by Gasteiger charge is -2.14. The molecule has 1 heterocycles. The first-order valence-corrected chi connectivity index (χ1v) is 9.88. The van der Waals surface area contributed by atoms with Crippen molar-refractivity contribution < 1.29 is 9.53 Å². The Bertz CT molecular complexity index is 1040. The van der Waals surface area contributed by atoms with Gasteiger partial charge in [-0.05, 0) is 29.2 Å². The van der Waals surface area contributed by atoms with Crippen molar-refractivity contribution in [3.63, 3.8) is 0 Å². The lowest BCUT2D eigenvalue weighted by atomic mass is 9.98. The van der Waals surface area contributed by atoms with Crippen molar-refractivity contribution in [1.82, 2.24) is 15.1 Å². The summed E-state index contributed by atoms with van der Waals surface area (Å²) < 4.78 is 7.14. The van der Waals surface area contributed by atoms with Crippen LogP contribution in [0.5, 0.6) is 0 Å². The first-order chi connectivity index (χ1) is 14.1. The van der Waals surface area contributed by atoms with Gasteiger partial charge in [-0.1, -0.05) is 72.3 Å². The minimum atomic E-state index is -0.439. The average molecular weight is 408 g/mol. The van der Waals surface area contributed by atoms with Crippen molar-refractivity contribution in [3.8, 4) is 11.1 Å². The summed E-state index contributed by atoms with van der Waals surface area (Å²) in [5.41, 5.74) is 6.51. The topological polar surface area (TPSA) is 56.2 Å². The van der Waals surface area contributed by atoms with Gasteiger partial charge in [0.1, 0.15) is 11.8 Å². The van der Waals surface area contributed by atoms with E-state index in [0.29, 0.717) is 18.3 Å². The van der Waals surface area contributed by atoms with Crippen LogP contribution in [0, 0.1) is 6.92 Å². The second kappa shape index (κ2) is 8.13. The van der Waals surface area contributed by atoms with Crippen LogP contribution in [0.15, 0.2) is 54.6 Å². The number of aromatic nitrogens is 2. The van der Waals surface area contributed by atoms with E-state index < -0.39 is 6.09 Å². The number of nitrogens with one attached hydrogen (secondary N) is 1. The Morgan fingerprint density at radius 2 is 1.79 bits per heavy atom. The van der Waals surface area contributed by atoms with E-state index in [1.54, 1.807) is 11.7 Å². The second-order valence-electron chi connectivity index (χ2n) is 7.02. The van der Waals surface area contributed by atoms with Crippen LogP contribution in [0.3, 0.4) is 0 Å². The third kappa shape index (κ3) is 3.78. The highest BCUT2D eigenvalue weighted by Crippen LogP contribution is 2.44. The molecule has 0 spiro atoms. The van der Waals surface area contributed by atoms with Gasteiger partial charge in [-0.2, -0.15) is 5.10 Å². The number of alkyl carbamates (subject to hydrolysis) is 1. The zero-order chi connectivity index (χ0) is 20.4. The smallest absolute Gasteiger partial charge is 0.407 e. The number of rotatable bonds is 5. The van der Waals surface area contributed by atoms with Crippen molar-refractivity contribution >= 4 is 23.8 Å². The van der Waals surface area contributed by atoms with Crippen molar-refractivity contribution in [2.75, 3.05) is 13.2 Å². The molecule has 148 valence electrons. The monoisotopic (exact) mass is 407 g/mol. The van der Waals surface area contributed by atoms with Gasteiger partial charge in [0.2, 0.25) is 0 Å². The van der Waals surface area contributed by atoms with Gasteiger partial charge < -0.3 is 10.1 Å². The van der Waals surface area contributed by atoms with E-state index in [4.69, 9.17) is 16.3 Å². The number of hydrogen-bond donors (Lipinski definition) is 1. The zero-order valence-corrected chi connectivity index (χ0v) is 17.1. The summed E-state index contributed by atoms with van der Waals surface area (Å²) in [6.45, 7) is 2.54. The molecule has 0 radical (unpaired) electrons. The highest BCUT2D eigenvalue weighted by Gasteiger charge is 2.28. The van der Waals surface area contributed by atoms with E-state index in [0.717, 1.165) is 11.3 Å². The number of hydrogen-bond acceptors (Lipinski definition) is 3. The maximum Gasteiger partial charge on any atom is 0.407 e. The number of ether oxygens (including phenoxy) is 1. The zero-order valence-electron chi connectivity index (χ0n) is 16.4. The molecule has 2 aromatic carbocycles. The Hall–Kier alpha value is -3.05. The summed E-state index contributed by atoms with van der Waals surface area (Å²) in [6, 6.07) is 16.5. The second-order valence-corrected chi connectivity index (χ2v) is 7.38. The van der Waals surface area contributed by atoms with Gasteiger partial charge >= 0.3 is 6.09 Å². The fraction of sp³-hybridized carbons (Fsp3) is 0.217. The standard InChI is InChI=1S/C23H22ClN3O2/c1-15-16(22(24)27(2)26-15)12-7-13-25-23(28)29-14-21-19-10-5-3-8-17(19)18-9-4-6-11-20(18)21/h3-12,21H,13-14H2,1-2H3,(H,25,28). The lowest BCUT2D eigenvalue weighted by Crippen LogP contribution is -2.26. The van der Waals surface area contributed by atoms with Crippen LogP contribution in [0.1, 0.15) is 28.3 Å². The van der Waals surface area contributed by atoms with Gasteiger partial charge in [0.25, 0.3) is 0 Å². The Labute approximate surface area is 175 Å². The molecule has 29 heavy (non-hydrogen) atoms. The third-order valence-electron chi connectivity index (χ3n) is 5.19. The molecule has 0 unspecified atom stereocenters. The third-order valence-corrected chi connectivity index (χ3v) is 5.64.